The van der Waals surface area contributed by atoms with Gasteiger partial charge < -0.3 is 4.57 Å². The van der Waals surface area contributed by atoms with E-state index in [1.807, 2.05) is 54.9 Å². The number of aryl methyl sites for hydroxylation is 2. The minimum absolute atomic E-state index is 0.234. The van der Waals surface area contributed by atoms with Gasteiger partial charge in [0.2, 0.25) is 0 Å². The molecule has 1 N–H and O–H groups in total. The van der Waals surface area contributed by atoms with E-state index in [9.17, 15) is 4.79 Å². The van der Waals surface area contributed by atoms with Gasteiger partial charge in [0, 0.05) is 18.4 Å². The number of benzene rings is 2. The Labute approximate surface area is 156 Å². The van der Waals surface area contributed by atoms with Crippen molar-refractivity contribution in [1.82, 2.24) is 20.2 Å². The van der Waals surface area contributed by atoms with Gasteiger partial charge in [-0.15, -0.1) is 10.2 Å². The molecular weight excluding hydrogens is 346 g/mol. The molecule has 3 aromatic rings. The zero-order valence-corrected chi connectivity index (χ0v) is 15.4. The van der Waals surface area contributed by atoms with E-state index in [4.69, 9.17) is 0 Å². The molecule has 7 heteroatoms. The van der Waals surface area contributed by atoms with Crippen molar-refractivity contribution in [2.75, 3.05) is 0 Å². The van der Waals surface area contributed by atoms with E-state index < -0.39 is 0 Å². The number of hydrogen-bond acceptors (Lipinski definition) is 5. The standard InChI is InChI=1S/C19H19N5OS/c1-14-5-3-4-6-17(14)11-20-22-18(25)16-9-7-15(8-10-16)12-26-19-23-21-13-24(19)2/h3-11,13H,12H2,1-2H3,(H,22,25)/b20-11-. The SMILES string of the molecule is Cc1ccccc1/C=N\NC(=O)c1ccc(CSc2nncn2C)cc1. The second kappa shape index (κ2) is 8.44. The maximum absolute atomic E-state index is 12.2. The van der Waals surface area contributed by atoms with Gasteiger partial charge in [-0.25, -0.2) is 5.43 Å². The fourth-order valence-corrected chi connectivity index (χ4v) is 3.10. The van der Waals surface area contributed by atoms with E-state index in [0.717, 1.165) is 27.6 Å². The van der Waals surface area contributed by atoms with Gasteiger partial charge in [0.05, 0.1) is 6.21 Å². The van der Waals surface area contributed by atoms with Crippen LogP contribution in [0.4, 0.5) is 0 Å². The van der Waals surface area contributed by atoms with Crippen LogP contribution in [-0.4, -0.2) is 26.9 Å². The van der Waals surface area contributed by atoms with Crippen molar-refractivity contribution < 1.29 is 4.79 Å². The molecule has 1 aromatic heterocycles. The third kappa shape index (κ3) is 4.58. The van der Waals surface area contributed by atoms with Crippen LogP contribution in [-0.2, 0) is 12.8 Å². The highest BCUT2D eigenvalue weighted by molar-refractivity contribution is 7.98. The molecule has 2 aromatic carbocycles. The zero-order valence-electron chi connectivity index (χ0n) is 14.6. The van der Waals surface area contributed by atoms with Crippen LogP contribution in [0.25, 0.3) is 0 Å². The molecule has 0 radical (unpaired) electrons. The Morgan fingerprint density at radius 3 is 2.69 bits per heavy atom. The predicted molar refractivity (Wildman–Crippen MR) is 103 cm³/mol. The van der Waals surface area contributed by atoms with Crippen LogP contribution in [0.5, 0.6) is 0 Å². The first kappa shape index (κ1) is 17.9. The lowest BCUT2D eigenvalue weighted by Gasteiger charge is -2.04. The molecule has 26 heavy (non-hydrogen) atoms. The van der Waals surface area contributed by atoms with Crippen molar-refractivity contribution in [2.24, 2.45) is 12.1 Å². The number of hydrazone groups is 1. The Balaban J connectivity index is 1.55. The Kier molecular flexibility index (Phi) is 5.80. The molecule has 132 valence electrons. The van der Waals surface area contributed by atoms with Gasteiger partial charge in [0.25, 0.3) is 5.91 Å². The van der Waals surface area contributed by atoms with E-state index in [0.29, 0.717) is 5.56 Å². The number of nitrogens with zero attached hydrogens (tertiary/aromatic N) is 4. The summed E-state index contributed by atoms with van der Waals surface area (Å²) >= 11 is 1.60. The molecule has 1 amide bonds. The summed E-state index contributed by atoms with van der Waals surface area (Å²) in [4.78, 5) is 12.2. The van der Waals surface area contributed by atoms with E-state index in [1.54, 1.807) is 36.4 Å². The van der Waals surface area contributed by atoms with Crippen LogP contribution in [0.1, 0.15) is 27.0 Å². The van der Waals surface area contributed by atoms with Gasteiger partial charge >= 0.3 is 0 Å². The van der Waals surface area contributed by atoms with Gasteiger partial charge in [-0.05, 0) is 35.7 Å². The average Bonchev–Trinajstić information content (AvgIpc) is 3.07. The van der Waals surface area contributed by atoms with E-state index in [-0.39, 0.29) is 5.91 Å². The summed E-state index contributed by atoms with van der Waals surface area (Å²) in [5.41, 5.74) is 6.32. The van der Waals surface area contributed by atoms with Gasteiger partial charge in [0.1, 0.15) is 6.33 Å². The molecule has 0 bridgehead atoms. The van der Waals surface area contributed by atoms with Crippen LogP contribution >= 0.6 is 11.8 Å². The molecule has 0 aliphatic rings. The van der Waals surface area contributed by atoms with Crippen LogP contribution in [0.2, 0.25) is 0 Å². The van der Waals surface area contributed by atoms with Crippen molar-refractivity contribution >= 4 is 23.9 Å². The number of carbonyl (C=O) groups is 1. The number of aromatic nitrogens is 3. The topological polar surface area (TPSA) is 72.2 Å². The summed E-state index contributed by atoms with van der Waals surface area (Å²) < 4.78 is 1.87. The van der Waals surface area contributed by atoms with Crippen molar-refractivity contribution in [1.29, 1.82) is 0 Å². The summed E-state index contributed by atoms with van der Waals surface area (Å²) in [5.74, 6) is 0.530. The lowest BCUT2D eigenvalue weighted by molar-refractivity contribution is 0.0955. The molecule has 0 aliphatic heterocycles. The molecule has 0 saturated heterocycles. The largest absolute Gasteiger partial charge is 0.312 e. The first-order chi connectivity index (χ1) is 12.6. The molecule has 0 saturated carbocycles. The molecule has 0 atom stereocenters. The lowest BCUT2D eigenvalue weighted by atomic mass is 10.1. The van der Waals surface area contributed by atoms with Crippen molar-refractivity contribution in [3.05, 3.63) is 77.1 Å². The summed E-state index contributed by atoms with van der Waals surface area (Å²) in [6.07, 6.45) is 3.33. The fourth-order valence-electron chi connectivity index (χ4n) is 2.26. The maximum Gasteiger partial charge on any atom is 0.271 e. The maximum atomic E-state index is 12.2. The van der Waals surface area contributed by atoms with Crippen molar-refractivity contribution in [2.45, 2.75) is 17.8 Å². The van der Waals surface area contributed by atoms with Crippen LogP contribution < -0.4 is 5.43 Å². The molecule has 0 unspecified atom stereocenters. The van der Waals surface area contributed by atoms with Gasteiger partial charge in [0.15, 0.2) is 5.16 Å². The molecular formula is C19H19N5OS. The van der Waals surface area contributed by atoms with E-state index in [2.05, 4.69) is 20.7 Å². The number of thioether (sulfide) groups is 1. The number of hydrogen-bond donors (Lipinski definition) is 1. The number of rotatable bonds is 6. The molecule has 0 aliphatic carbocycles. The summed E-state index contributed by atoms with van der Waals surface area (Å²) in [6, 6.07) is 15.3. The monoisotopic (exact) mass is 365 g/mol. The second-order valence-electron chi connectivity index (χ2n) is 5.77. The number of nitrogens with one attached hydrogen (secondary N) is 1. The normalized spacial score (nSPS) is 11.0. The molecule has 3 rings (SSSR count). The predicted octanol–water partition coefficient (Wildman–Crippen LogP) is 3.18. The first-order valence-corrected chi connectivity index (χ1v) is 9.07. The minimum Gasteiger partial charge on any atom is -0.312 e. The van der Waals surface area contributed by atoms with Crippen LogP contribution in [0.15, 0.2) is 65.1 Å². The Hall–Kier alpha value is -2.93. The first-order valence-electron chi connectivity index (χ1n) is 8.08. The third-order valence-electron chi connectivity index (χ3n) is 3.81. The van der Waals surface area contributed by atoms with E-state index >= 15 is 0 Å². The van der Waals surface area contributed by atoms with Gasteiger partial charge in [-0.1, -0.05) is 48.2 Å². The Morgan fingerprint density at radius 2 is 2.00 bits per heavy atom. The quantitative estimate of drug-likeness (QED) is 0.414. The van der Waals surface area contributed by atoms with Crippen LogP contribution in [0, 0.1) is 6.92 Å². The number of carbonyl (C=O) groups excluding carboxylic acids is 1. The van der Waals surface area contributed by atoms with Gasteiger partial charge in [-0.2, -0.15) is 5.10 Å². The molecule has 1 heterocycles. The minimum atomic E-state index is -0.234. The van der Waals surface area contributed by atoms with Crippen LogP contribution in [0.3, 0.4) is 0 Å². The highest BCUT2D eigenvalue weighted by Gasteiger charge is 2.06. The zero-order chi connectivity index (χ0) is 18.4. The second-order valence-corrected chi connectivity index (χ2v) is 6.71. The summed E-state index contributed by atoms with van der Waals surface area (Å²) in [5, 5.41) is 12.8. The third-order valence-corrected chi connectivity index (χ3v) is 4.92. The summed E-state index contributed by atoms with van der Waals surface area (Å²) in [6.45, 7) is 2.00. The van der Waals surface area contributed by atoms with Gasteiger partial charge in [-0.3, -0.25) is 4.79 Å². The highest BCUT2D eigenvalue weighted by atomic mass is 32.2. The van der Waals surface area contributed by atoms with Crippen molar-refractivity contribution in [3.8, 4) is 0 Å². The molecule has 0 spiro atoms. The smallest absolute Gasteiger partial charge is 0.271 e. The van der Waals surface area contributed by atoms with Crippen molar-refractivity contribution in [3.63, 3.8) is 0 Å². The lowest BCUT2D eigenvalue weighted by Crippen LogP contribution is -2.17. The highest BCUT2D eigenvalue weighted by Crippen LogP contribution is 2.20. The Bertz CT molecular complexity index is 918. The number of amides is 1. The van der Waals surface area contributed by atoms with E-state index in [1.165, 1.54) is 0 Å². The summed E-state index contributed by atoms with van der Waals surface area (Å²) in [7, 11) is 1.91. The fraction of sp³-hybridized carbons (Fsp3) is 0.158. The molecule has 6 nitrogen and oxygen atoms in total. The average molecular weight is 365 g/mol. The Morgan fingerprint density at radius 1 is 1.23 bits per heavy atom. The molecule has 0 fully saturated rings.